The predicted molar refractivity (Wildman–Crippen MR) is 71.5 cm³/mol. The first-order chi connectivity index (χ1) is 7.74. The molecule has 0 aliphatic rings. The number of hydrogen-bond donors (Lipinski definition) is 1. The van der Waals surface area contributed by atoms with E-state index in [9.17, 15) is 0 Å². The summed E-state index contributed by atoms with van der Waals surface area (Å²) in [5.41, 5.74) is 0. The van der Waals surface area contributed by atoms with Crippen molar-refractivity contribution in [2.75, 3.05) is 23.9 Å². The maximum Gasteiger partial charge on any atom is 0.168 e. The first-order valence-corrected chi connectivity index (χ1v) is 6.98. The van der Waals surface area contributed by atoms with E-state index in [2.05, 4.69) is 16.6 Å². The second-order valence-electron chi connectivity index (χ2n) is 3.79. The first-order valence-electron chi connectivity index (χ1n) is 5.58. The van der Waals surface area contributed by atoms with Crippen LogP contribution < -0.4 is 10.1 Å². The van der Waals surface area contributed by atoms with Crippen LogP contribution in [0.4, 0.5) is 5.82 Å². The van der Waals surface area contributed by atoms with E-state index in [0.717, 1.165) is 24.5 Å². The van der Waals surface area contributed by atoms with Crippen molar-refractivity contribution in [3.8, 4) is 5.75 Å². The van der Waals surface area contributed by atoms with E-state index in [-0.39, 0.29) is 6.10 Å². The highest BCUT2D eigenvalue weighted by molar-refractivity contribution is 7.98. The average molecular weight is 240 g/mol. The molecule has 0 bridgehead atoms. The van der Waals surface area contributed by atoms with E-state index in [1.165, 1.54) is 5.75 Å². The van der Waals surface area contributed by atoms with Crippen LogP contribution in [0.3, 0.4) is 0 Å². The largest absolute Gasteiger partial charge is 0.487 e. The number of hydrogen-bond acceptors (Lipinski definition) is 4. The molecule has 0 saturated heterocycles. The SMILES string of the molecule is CSCCCNc1ncccc1OC(C)C. The summed E-state index contributed by atoms with van der Waals surface area (Å²) in [5, 5.41) is 3.30. The minimum atomic E-state index is 0.177. The number of rotatable bonds is 7. The monoisotopic (exact) mass is 240 g/mol. The van der Waals surface area contributed by atoms with Gasteiger partial charge in [-0.05, 0) is 44.4 Å². The molecule has 0 aliphatic heterocycles. The predicted octanol–water partition coefficient (Wildman–Crippen LogP) is 3.03. The normalized spacial score (nSPS) is 10.5. The molecule has 1 rings (SSSR count). The summed E-state index contributed by atoms with van der Waals surface area (Å²) in [6.07, 6.45) is 5.22. The molecule has 1 heterocycles. The van der Waals surface area contributed by atoms with Gasteiger partial charge in [0.05, 0.1) is 6.10 Å². The maximum atomic E-state index is 5.67. The quantitative estimate of drug-likeness (QED) is 0.743. The Morgan fingerprint density at radius 1 is 1.50 bits per heavy atom. The Balaban J connectivity index is 2.50. The smallest absolute Gasteiger partial charge is 0.168 e. The molecule has 0 saturated carbocycles. The van der Waals surface area contributed by atoms with E-state index in [1.54, 1.807) is 6.20 Å². The van der Waals surface area contributed by atoms with E-state index in [0.29, 0.717) is 0 Å². The Bertz CT molecular complexity index is 305. The van der Waals surface area contributed by atoms with E-state index in [1.807, 2.05) is 37.7 Å². The molecule has 1 N–H and O–H groups in total. The minimum absolute atomic E-state index is 0.177. The summed E-state index contributed by atoms with van der Waals surface area (Å²) >= 11 is 1.86. The molecular weight excluding hydrogens is 220 g/mol. The van der Waals surface area contributed by atoms with Crippen molar-refractivity contribution in [1.82, 2.24) is 4.98 Å². The third-order valence-corrected chi connectivity index (χ3v) is 2.65. The van der Waals surface area contributed by atoms with Gasteiger partial charge in [-0.1, -0.05) is 0 Å². The van der Waals surface area contributed by atoms with E-state index >= 15 is 0 Å². The van der Waals surface area contributed by atoms with Crippen LogP contribution in [-0.2, 0) is 0 Å². The van der Waals surface area contributed by atoms with Crippen LogP contribution >= 0.6 is 11.8 Å². The number of pyridine rings is 1. The van der Waals surface area contributed by atoms with Crippen LogP contribution in [0.1, 0.15) is 20.3 Å². The van der Waals surface area contributed by atoms with Crippen molar-refractivity contribution in [2.24, 2.45) is 0 Å². The van der Waals surface area contributed by atoms with Gasteiger partial charge in [0.1, 0.15) is 0 Å². The van der Waals surface area contributed by atoms with Crippen LogP contribution in [0.2, 0.25) is 0 Å². The lowest BCUT2D eigenvalue weighted by atomic mass is 10.4. The van der Waals surface area contributed by atoms with Gasteiger partial charge in [-0.25, -0.2) is 4.98 Å². The molecule has 16 heavy (non-hydrogen) atoms. The standard InChI is InChI=1S/C12H20N2OS/c1-10(2)15-11-6-4-7-13-12(11)14-8-5-9-16-3/h4,6-7,10H,5,8-9H2,1-3H3,(H,13,14). The van der Waals surface area contributed by atoms with Gasteiger partial charge in [0.15, 0.2) is 11.6 Å². The molecule has 0 aliphatic carbocycles. The van der Waals surface area contributed by atoms with E-state index in [4.69, 9.17) is 4.74 Å². The lowest BCUT2D eigenvalue weighted by Crippen LogP contribution is -2.10. The highest BCUT2D eigenvalue weighted by atomic mass is 32.2. The van der Waals surface area contributed by atoms with Gasteiger partial charge in [0, 0.05) is 12.7 Å². The van der Waals surface area contributed by atoms with Crippen LogP contribution in [0.25, 0.3) is 0 Å². The third-order valence-electron chi connectivity index (χ3n) is 1.95. The fourth-order valence-corrected chi connectivity index (χ4v) is 1.73. The van der Waals surface area contributed by atoms with Crippen molar-refractivity contribution in [1.29, 1.82) is 0 Å². The zero-order valence-corrected chi connectivity index (χ0v) is 11.0. The highest BCUT2D eigenvalue weighted by Gasteiger charge is 2.05. The molecule has 0 amide bonds. The number of aromatic nitrogens is 1. The van der Waals surface area contributed by atoms with Gasteiger partial charge >= 0.3 is 0 Å². The molecule has 0 spiro atoms. The number of anilines is 1. The highest BCUT2D eigenvalue weighted by Crippen LogP contribution is 2.21. The lowest BCUT2D eigenvalue weighted by molar-refractivity contribution is 0.243. The molecule has 0 fully saturated rings. The fourth-order valence-electron chi connectivity index (χ4n) is 1.30. The summed E-state index contributed by atoms with van der Waals surface area (Å²) in [7, 11) is 0. The minimum Gasteiger partial charge on any atom is -0.487 e. The topological polar surface area (TPSA) is 34.2 Å². The summed E-state index contributed by atoms with van der Waals surface area (Å²) < 4.78 is 5.67. The van der Waals surface area contributed by atoms with E-state index < -0.39 is 0 Å². The zero-order valence-electron chi connectivity index (χ0n) is 10.2. The second-order valence-corrected chi connectivity index (χ2v) is 4.78. The first kappa shape index (κ1) is 13.2. The molecule has 90 valence electrons. The molecule has 4 heteroatoms. The van der Waals surface area contributed by atoms with Crippen molar-refractivity contribution < 1.29 is 4.74 Å². The van der Waals surface area contributed by atoms with Gasteiger partial charge < -0.3 is 10.1 Å². The lowest BCUT2D eigenvalue weighted by Gasteiger charge is -2.14. The van der Waals surface area contributed by atoms with Crippen molar-refractivity contribution in [3.05, 3.63) is 18.3 Å². The fraction of sp³-hybridized carbons (Fsp3) is 0.583. The molecule has 3 nitrogen and oxygen atoms in total. The van der Waals surface area contributed by atoms with Crippen molar-refractivity contribution >= 4 is 17.6 Å². The van der Waals surface area contributed by atoms with Crippen LogP contribution in [-0.4, -0.2) is 29.6 Å². The van der Waals surface area contributed by atoms with Gasteiger partial charge in [0.2, 0.25) is 0 Å². The second kappa shape index (κ2) is 7.39. The third kappa shape index (κ3) is 4.75. The van der Waals surface area contributed by atoms with Crippen LogP contribution in [0.5, 0.6) is 5.75 Å². The number of thioether (sulfide) groups is 1. The average Bonchev–Trinajstić information content (AvgIpc) is 2.26. The molecule has 0 unspecified atom stereocenters. The van der Waals surface area contributed by atoms with Crippen LogP contribution in [0.15, 0.2) is 18.3 Å². The summed E-state index contributed by atoms with van der Waals surface area (Å²) in [4.78, 5) is 4.29. The van der Waals surface area contributed by atoms with Crippen LogP contribution in [0, 0.1) is 0 Å². The number of nitrogens with zero attached hydrogens (tertiary/aromatic N) is 1. The Morgan fingerprint density at radius 3 is 3.00 bits per heavy atom. The van der Waals surface area contributed by atoms with Gasteiger partial charge in [0.25, 0.3) is 0 Å². The Hall–Kier alpha value is -0.900. The van der Waals surface area contributed by atoms with Crippen molar-refractivity contribution in [2.45, 2.75) is 26.4 Å². The zero-order chi connectivity index (χ0) is 11.8. The Labute approximate surface area is 102 Å². The molecule has 0 aromatic carbocycles. The van der Waals surface area contributed by atoms with Gasteiger partial charge in [-0.3, -0.25) is 0 Å². The number of ether oxygens (including phenoxy) is 1. The maximum absolute atomic E-state index is 5.67. The molecule has 0 atom stereocenters. The Kier molecular flexibility index (Phi) is 6.08. The summed E-state index contributed by atoms with van der Waals surface area (Å²) in [6, 6.07) is 3.84. The number of nitrogens with one attached hydrogen (secondary N) is 1. The molecular formula is C12H20N2OS. The molecule has 1 aromatic rings. The summed E-state index contributed by atoms with van der Waals surface area (Å²) in [6.45, 7) is 4.97. The molecule has 1 aromatic heterocycles. The molecule has 0 radical (unpaired) electrons. The van der Waals surface area contributed by atoms with Gasteiger partial charge in [-0.2, -0.15) is 11.8 Å². The van der Waals surface area contributed by atoms with Crippen molar-refractivity contribution in [3.63, 3.8) is 0 Å². The summed E-state index contributed by atoms with van der Waals surface area (Å²) in [5.74, 6) is 2.85. The Morgan fingerprint density at radius 2 is 2.31 bits per heavy atom. The van der Waals surface area contributed by atoms with Gasteiger partial charge in [-0.15, -0.1) is 0 Å².